The molecule has 0 bridgehead atoms. The molecule has 102 valence electrons. The van der Waals surface area contributed by atoms with E-state index in [0.717, 1.165) is 11.8 Å². The second kappa shape index (κ2) is 4.97. The van der Waals surface area contributed by atoms with Crippen molar-refractivity contribution in [2.24, 2.45) is 0 Å². The molecule has 0 aliphatic heterocycles. The van der Waals surface area contributed by atoms with Gasteiger partial charge in [-0.15, -0.1) is 0 Å². The van der Waals surface area contributed by atoms with Gasteiger partial charge in [-0.05, 0) is 35.0 Å². The lowest BCUT2D eigenvalue weighted by Gasteiger charge is -2.06. The molecule has 0 saturated heterocycles. The molecule has 19 heavy (non-hydrogen) atoms. The first-order valence-electron chi connectivity index (χ1n) is 5.30. The summed E-state index contributed by atoms with van der Waals surface area (Å²) in [5, 5.41) is 0. The summed E-state index contributed by atoms with van der Waals surface area (Å²) in [7, 11) is -2.70. The zero-order valence-corrected chi connectivity index (χ0v) is 12.6. The van der Waals surface area contributed by atoms with Crippen molar-refractivity contribution in [2.45, 2.75) is 11.8 Å². The van der Waals surface area contributed by atoms with Crippen LogP contribution in [-0.2, 0) is 10.0 Å². The second-order valence-corrected chi connectivity index (χ2v) is 6.58. The summed E-state index contributed by atoms with van der Waals surface area (Å²) >= 11 is 3.05. The lowest BCUT2D eigenvalue weighted by Crippen LogP contribution is -2.14. The van der Waals surface area contributed by atoms with Crippen molar-refractivity contribution < 1.29 is 17.5 Å². The van der Waals surface area contributed by atoms with E-state index in [2.05, 4.69) is 15.9 Å². The van der Waals surface area contributed by atoms with Gasteiger partial charge >= 0.3 is 0 Å². The number of nitrogens with zero attached hydrogens (tertiary/aromatic N) is 1. The monoisotopic (exact) mass is 347 g/mol. The molecule has 0 spiro atoms. The largest absolute Gasteiger partial charge is 0.491 e. The number of hydrogen-bond acceptors (Lipinski definition) is 3. The smallest absolute Gasteiger partial charge is 0.270 e. The van der Waals surface area contributed by atoms with Crippen LogP contribution in [0.4, 0.5) is 4.39 Å². The highest BCUT2D eigenvalue weighted by Crippen LogP contribution is 2.32. The fourth-order valence-electron chi connectivity index (χ4n) is 1.60. The second-order valence-electron chi connectivity index (χ2n) is 3.92. The van der Waals surface area contributed by atoms with E-state index < -0.39 is 16.0 Å². The zero-order chi connectivity index (χ0) is 14.2. The van der Waals surface area contributed by atoms with Crippen molar-refractivity contribution in [3.8, 4) is 5.75 Å². The van der Waals surface area contributed by atoms with Crippen molar-refractivity contribution in [1.82, 2.24) is 3.97 Å². The van der Waals surface area contributed by atoms with Crippen LogP contribution in [-0.4, -0.2) is 19.5 Å². The molecule has 1 aromatic heterocycles. The highest BCUT2D eigenvalue weighted by atomic mass is 79.9. The predicted octanol–water partition coefficient (Wildman–Crippen LogP) is 2.94. The minimum Gasteiger partial charge on any atom is -0.491 e. The van der Waals surface area contributed by atoms with Crippen LogP contribution in [0.15, 0.2) is 39.8 Å². The molecule has 0 fully saturated rings. The van der Waals surface area contributed by atoms with E-state index in [1.54, 1.807) is 12.1 Å². The number of aromatic nitrogens is 1. The Morgan fingerprint density at radius 1 is 1.26 bits per heavy atom. The van der Waals surface area contributed by atoms with Gasteiger partial charge in [0.1, 0.15) is 0 Å². The van der Waals surface area contributed by atoms with Crippen molar-refractivity contribution in [2.75, 3.05) is 7.11 Å². The maximum Gasteiger partial charge on any atom is 0.270 e. The summed E-state index contributed by atoms with van der Waals surface area (Å²) in [6.45, 7) is 1.84. The van der Waals surface area contributed by atoms with E-state index in [-0.39, 0.29) is 15.1 Å². The van der Waals surface area contributed by atoms with Crippen LogP contribution in [0.2, 0.25) is 0 Å². The van der Waals surface area contributed by atoms with E-state index in [4.69, 9.17) is 4.74 Å². The molecular formula is C12H11BrFNO3S. The Hall–Kier alpha value is -1.34. The van der Waals surface area contributed by atoms with Crippen molar-refractivity contribution in [3.63, 3.8) is 0 Å². The van der Waals surface area contributed by atoms with Crippen LogP contribution in [0.5, 0.6) is 5.75 Å². The highest BCUT2D eigenvalue weighted by molar-refractivity contribution is 9.10. The number of halogens is 2. The van der Waals surface area contributed by atoms with Crippen LogP contribution in [0, 0.1) is 12.9 Å². The standard InChI is InChI=1S/C12H11BrFNO3S/c1-8-3-5-9(6-4-8)19(16,17)15-7-10(13)11(18-2)12(15)14/h3-7H,1-2H3. The van der Waals surface area contributed by atoms with Gasteiger partial charge in [0.2, 0.25) is 0 Å². The number of rotatable bonds is 3. The van der Waals surface area contributed by atoms with Crippen LogP contribution >= 0.6 is 15.9 Å². The van der Waals surface area contributed by atoms with Crippen LogP contribution in [0.25, 0.3) is 0 Å². The molecule has 0 unspecified atom stereocenters. The summed E-state index contributed by atoms with van der Waals surface area (Å²) < 4.78 is 44.2. The van der Waals surface area contributed by atoms with Gasteiger partial charge in [-0.25, -0.2) is 12.4 Å². The molecule has 1 heterocycles. The number of benzene rings is 1. The van der Waals surface area contributed by atoms with Gasteiger partial charge in [-0.2, -0.15) is 4.39 Å². The van der Waals surface area contributed by atoms with Crippen molar-refractivity contribution in [3.05, 3.63) is 46.4 Å². The van der Waals surface area contributed by atoms with Crippen molar-refractivity contribution >= 4 is 26.0 Å². The lowest BCUT2D eigenvalue weighted by molar-refractivity contribution is 0.378. The molecule has 0 atom stereocenters. The summed E-state index contributed by atoms with van der Waals surface area (Å²) in [5.41, 5.74) is 0.922. The first-order chi connectivity index (χ1) is 8.87. The first kappa shape index (κ1) is 14.1. The molecule has 0 saturated carbocycles. The van der Waals surface area contributed by atoms with E-state index in [1.807, 2.05) is 6.92 Å². The first-order valence-corrected chi connectivity index (χ1v) is 7.54. The zero-order valence-electron chi connectivity index (χ0n) is 10.2. The topological polar surface area (TPSA) is 48.3 Å². The number of methoxy groups -OCH3 is 1. The van der Waals surface area contributed by atoms with Crippen LogP contribution in [0.1, 0.15) is 5.56 Å². The number of hydrogen-bond donors (Lipinski definition) is 0. The molecule has 7 heteroatoms. The number of aryl methyl sites for hydroxylation is 1. The predicted molar refractivity (Wildman–Crippen MR) is 72.4 cm³/mol. The highest BCUT2D eigenvalue weighted by Gasteiger charge is 2.25. The Balaban J connectivity index is 2.60. The van der Waals surface area contributed by atoms with E-state index in [0.29, 0.717) is 3.97 Å². The Kier molecular flexibility index (Phi) is 3.69. The third-order valence-electron chi connectivity index (χ3n) is 2.61. The van der Waals surface area contributed by atoms with E-state index in [9.17, 15) is 12.8 Å². The van der Waals surface area contributed by atoms with Gasteiger partial charge in [-0.1, -0.05) is 17.7 Å². The van der Waals surface area contributed by atoms with Gasteiger partial charge in [0.25, 0.3) is 16.0 Å². The molecule has 4 nitrogen and oxygen atoms in total. The maximum absolute atomic E-state index is 14.0. The fourth-order valence-corrected chi connectivity index (χ4v) is 3.51. The summed E-state index contributed by atoms with van der Waals surface area (Å²) in [5.74, 6) is -1.11. The maximum atomic E-state index is 14.0. The third-order valence-corrected chi connectivity index (χ3v) is 4.83. The molecule has 0 radical (unpaired) electrons. The van der Waals surface area contributed by atoms with Gasteiger partial charge in [-0.3, -0.25) is 0 Å². The lowest BCUT2D eigenvalue weighted by atomic mass is 10.2. The molecule has 0 N–H and O–H groups in total. The van der Waals surface area contributed by atoms with Crippen LogP contribution < -0.4 is 4.74 Å². The normalized spacial score (nSPS) is 11.6. The van der Waals surface area contributed by atoms with Gasteiger partial charge in [0, 0.05) is 6.20 Å². The van der Waals surface area contributed by atoms with Crippen molar-refractivity contribution in [1.29, 1.82) is 0 Å². The molecule has 0 aliphatic carbocycles. The van der Waals surface area contributed by atoms with Gasteiger partial charge < -0.3 is 4.74 Å². The summed E-state index contributed by atoms with van der Waals surface area (Å²) in [4.78, 5) is 0.0159. The molecule has 2 aromatic rings. The fraction of sp³-hybridized carbons (Fsp3) is 0.167. The Labute approximate surface area is 119 Å². The summed E-state index contributed by atoms with van der Waals surface area (Å²) in [6, 6.07) is 6.18. The quantitative estimate of drug-likeness (QED) is 0.857. The Bertz CT molecular complexity index is 707. The molecule has 0 amide bonds. The Morgan fingerprint density at radius 2 is 1.84 bits per heavy atom. The SMILES string of the molecule is COc1c(Br)cn(S(=O)(=O)c2ccc(C)cc2)c1F. The minimum absolute atomic E-state index is 0.0159. The minimum atomic E-state index is -3.97. The van der Waals surface area contributed by atoms with Gasteiger partial charge in [0.05, 0.1) is 16.5 Å². The van der Waals surface area contributed by atoms with Gasteiger partial charge in [0.15, 0.2) is 5.75 Å². The molecular weight excluding hydrogens is 337 g/mol. The molecule has 2 rings (SSSR count). The van der Waals surface area contributed by atoms with Crippen LogP contribution in [0.3, 0.4) is 0 Å². The third kappa shape index (κ3) is 2.40. The average Bonchev–Trinajstić information content (AvgIpc) is 2.65. The summed E-state index contributed by atoms with van der Waals surface area (Å²) in [6.07, 6.45) is 1.13. The number of ether oxygens (including phenoxy) is 1. The average molecular weight is 348 g/mol. The van der Waals surface area contributed by atoms with E-state index >= 15 is 0 Å². The molecule has 1 aromatic carbocycles. The molecule has 0 aliphatic rings. The van der Waals surface area contributed by atoms with E-state index in [1.165, 1.54) is 19.2 Å². The Morgan fingerprint density at radius 3 is 2.32 bits per heavy atom.